The van der Waals surface area contributed by atoms with Gasteiger partial charge in [-0.2, -0.15) is 0 Å². The molecule has 6 nitrogen and oxygen atoms in total. The summed E-state index contributed by atoms with van der Waals surface area (Å²) in [7, 11) is 0. The van der Waals surface area contributed by atoms with Gasteiger partial charge in [-0.05, 0) is 43.5 Å². The highest BCUT2D eigenvalue weighted by Gasteiger charge is 2.65. The van der Waals surface area contributed by atoms with E-state index >= 15 is 0 Å². The quantitative estimate of drug-likeness (QED) is 0.823. The van der Waals surface area contributed by atoms with E-state index in [-0.39, 0.29) is 18.4 Å². The standard InChI is InChI=1S/C22H23N3O3/c26-21-22-7-3-9-25(22)18(17-5-1-6-19-20(17)28-14-27-19)10-16(22)13-24(21)12-15-4-2-8-23-11-15/h1-2,4-6,8,11,16,18H,3,7,9-10,12-14H2/t16-,18-,22-/m0/s1. The predicted octanol–water partition coefficient (Wildman–Crippen LogP) is 2.75. The number of carbonyl (C=O) groups excluding carboxylic acids is 1. The molecular weight excluding hydrogens is 354 g/mol. The van der Waals surface area contributed by atoms with Crippen molar-refractivity contribution in [3.05, 3.63) is 53.9 Å². The van der Waals surface area contributed by atoms with Gasteiger partial charge in [0.2, 0.25) is 12.7 Å². The van der Waals surface area contributed by atoms with Gasteiger partial charge >= 0.3 is 0 Å². The van der Waals surface area contributed by atoms with Gasteiger partial charge < -0.3 is 14.4 Å². The highest BCUT2D eigenvalue weighted by molar-refractivity contribution is 5.90. The van der Waals surface area contributed by atoms with E-state index in [0.717, 1.165) is 49.4 Å². The molecule has 2 aromatic rings. The molecule has 0 bridgehead atoms. The molecule has 4 aliphatic rings. The Kier molecular flexibility index (Phi) is 3.48. The summed E-state index contributed by atoms with van der Waals surface area (Å²) in [6.45, 7) is 2.73. The SMILES string of the molecule is O=C1N(Cc2cccnc2)C[C@@H]2C[C@@H](c3cccc4c3OCO4)N3CCC[C@@]123. The van der Waals surface area contributed by atoms with Crippen molar-refractivity contribution in [2.45, 2.75) is 37.4 Å². The Labute approximate surface area is 164 Å². The lowest BCUT2D eigenvalue weighted by atomic mass is 9.85. The first-order valence-corrected chi connectivity index (χ1v) is 10.1. The summed E-state index contributed by atoms with van der Waals surface area (Å²) in [6.07, 6.45) is 6.67. The molecule has 1 amide bonds. The maximum Gasteiger partial charge on any atom is 0.243 e. The van der Waals surface area contributed by atoms with E-state index in [0.29, 0.717) is 18.4 Å². The van der Waals surface area contributed by atoms with Gasteiger partial charge in [0.1, 0.15) is 5.54 Å². The Hall–Kier alpha value is -2.60. The summed E-state index contributed by atoms with van der Waals surface area (Å²) in [6, 6.07) is 10.4. The van der Waals surface area contributed by atoms with Crippen LogP contribution in [0.3, 0.4) is 0 Å². The monoisotopic (exact) mass is 377 g/mol. The van der Waals surface area contributed by atoms with Gasteiger partial charge in [0, 0.05) is 43.0 Å². The molecule has 3 fully saturated rings. The summed E-state index contributed by atoms with van der Waals surface area (Å²) in [4.78, 5) is 22.3. The maximum absolute atomic E-state index is 13.6. The van der Waals surface area contributed by atoms with E-state index < -0.39 is 0 Å². The van der Waals surface area contributed by atoms with Gasteiger partial charge in [0.05, 0.1) is 0 Å². The third-order valence-corrected chi connectivity index (χ3v) is 7.01. The molecule has 1 spiro atoms. The summed E-state index contributed by atoms with van der Waals surface area (Å²) < 4.78 is 11.4. The first-order valence-electron chi connectivity index (χ1n) is 10.1. The average molecular weight is 377 g/mol. The molecule has 3 atom stereocenters. The number of hydrogen-bond donors (Lipinski definition) is 0. The highest BCUT2D eigenvalue weighted by atomic mass is 16.7. The van der Waals surface area contributed by atoms with Gasteiger partial charge in [0.15, 0.2) is 11.5 Å². The lowest BCUT2D eigenvalue weighted by Crippen LogP contribution is -2.49. The molecule has 0 aliphatic carbocycles. The van der Waals surface area contributed by atoms with Crippen LogP contribution in [0.4, 0.5) is 0 Å². The van der Waals surface area contributed by atoms with Crippen LogP contribution in [0.25, 0.3) is 0 Å². The number of hydrogen-bond acceptors (Lipinski definition) is 5. The van der Waals surface area contributed by atoms with E-state index in [9.17, 15) is 4.79 Å². The van der Waals surface area contributed by atoms with E-state index in [1.54, 1.807) is 6.20 Å². The number of carbonyl (C=O) groups is 1. The molecule has 144 valence electrons. The normalized spacial score (nSPS) is 30.7. The molecule has 28 heavy (non-hydrogen) atoms. The van der Waals surface area contributed by atoms with Gasteiger partial charge in [-0.25, -0.2) is 0 Å². The van der Waals surface area contributed by atoms with Crippen molar-refractivity contribution in [3.63, 3.8) is 0 Å². The van der Waals surface area contributed by atoms with Gasteiger partial charge in [-0.3, -0.25) is 14.7 Å². The third kappa shape index (κ3) is 2.12. The summed E-state index contributed by atoms with van der Waals surface area (Å²) >= 11 is 0. The van der Waals surface area contributed by atoms with Crippen molar-refractivity contribution in [1.29, 1.82) is 0 Å². The zero-order valence-electron chi connectivity index (χ0n) is 15.7. The fourth-order valence-electron chi connectivity index (χ4n) is 5.94. The maximum atomic E-state index is 13.6. The molecule has 5 heterocycles. The van der Waals surface area contributed by atoms with Crippen LogP contribution in [0.2, 0.25) is 0 Å². The van der Waals surface area contributed by atoms with Crippen LogP contribution < -0.4 is 9.47 Å². The summed E-state index contributed by atoms with van der Waals surface area (Å²) in [5.74, 6) is 2.36. The van der Waals surface area contributed by atoms with Crippen molar-refractivity contribution in [1.82, 2.24) is 14.8 Å². The van der Waals surface area contributed by atoms with Crippen molar-refractivity contribution >= 4 is 5.91 Å². The molecule has 0 saturated carbocycles. The van der Waals surface area contributed by atoms with Crippen molar-refractivity contribution in [2.75, 3.05) is 19.9 Å². The van der Waals surface area contributed by atoms with Crippen molar-refractivity contribution in [3.8, 4) is 11.5 Å². The van der Waals surface area contributed by atoms with Gasteiger partial charge in [-0.1, -0.05) is 18.2 Å². The van der Waals surface area contributed by atoms with Crippen LogP contribution in [0, 0.1) is 5.92 Å². The van der Waals surface area contributed by atoms with Crippen LogP contribution in [0.1, 0.15) is 36.4 Å². The number of pyridine rings is 1. The topological polar surface area (TPSA) is 54.9 Å². The third-order valence-electron chi connectivity index (χ3n) is 7.01. The zero-order chi connectivity index (χ0) is 18.7. The summed E-state index contributed by atoms with van der Waals surface area (Å²) in [5.41, 5.74) is 1.94. The highest BCUT2D eigenvalue weighted by Crippen LogP contribution is 2.58. The molecule has 0 radical (unpaired) electrons. The number of amides is 1. The molecule has 6 heteroatoms. The predicted molar refractivity (Wildman–Crippen MR) is 102 cm³/mol. The van der Waals surface area contributed by atoms with Crippen LogP contribution in [-0.4, -0.2) is 46.1 Å². The lowest BCUT2D eigenvalue weighted by molar-refractivity contribution is -0.137. The molecule has 6 rings (SSSR count). The summed E-state index contributed by atoms with van der Waals surface area (Å²) in [5, 5.41) is 0. The van der Waals surface area contributed by atoms with Crippen molar-refractivity contribution < 1.29 is 14.3 Å². The molecule has 0 unspecified atom stereocenters. The van der Waals surface area contributed by atoms with Crippen LogP contribution >= 0.6 is 0 Å². The zero-order valence-corrected chi connectivity index (χ0v) is 15.7. The number of aromatic nitrogens is 1. The Morgan fingerprint density at radius 1 is 1.21 bits per heavy atom. The molecule has 1 aromatic carbocycles. The minimum absolute atomic E-state index is 0.230. The lowest BCUT2D eigenvalue weighted by Gasteiger charge is -2.34. The Bertz CT molecular complexity index is 934. The molecular formula is C22H23N3O3. The number of rotatable bonds is 3. The van der Waals surface area contributed by atoms with Crippen LogP contribution in [0.15, 0.2) is 42.7 Å². The molecule has 0 N–H and O–H groups in total. The number of para-hydroxylation sites is 1. The van der Waals surface area contributed by atoms with E-state index in [2.05, 4.69) is 16.0 Å². The number of ether oxygens (including phenoxy) is 2. The molecule has 3 saturated heterocycles. The first kappa shape index (κ1) is 16.4. The number of benzene rings is 1. The largest absolute Gasteiger partial charge is 0.454 e. The van der Waals surface area contributed by atoms with Gasteiger partial charge in [0.25, 0.3) is 0 Å². The Morgan fingerprint density at radius 3 is 3.07 bits per heavy atom. The second-order valence-corrected chi connectivity index (χ2v) is 8.30. The van der Waals surface area contributed by atoms with E-state index in [1.165, 1.54) is 5.56 Å². The Morgan fingerprint density at radius 2 is 2.18 bits per heavy atom. The Balaban J connectivity index is 1.32. The molecule has 1 aromatic heterocycles. The van der Waals surface area contributed by atoms with Crippen LogP contribution in [0.5, 0.6) is 11.5 Å². The number of nitrogens with zero attached hydrogens (tertiary/aromatic N) is 3. The van der Waals surface area contributed by atoms with E-state index in [4.69, 9.17) is 9.47 Å². The molecule has 4 aliphatic heterocycles. The average Bonchev–Trinajstić information content (AvgIpc) is 3.46. The van der Waals surface area contributed by atoms with Gasteiger partial charge in [-0.15, -0.1) is 0 Å². The van der Waals surface area contributed by atoms with E-state index in [1.807, 2.05) is 35.4 Å². The van der Waals surface area contributed by atoms with Crippen molar-refractivity contribution in [2.24, 2.45) is 5.92 Å². The fraction of sp³-hybridized carbons (Fsp3) is 0.455. The number of likely N-dealkylation sites (tertiary alicyclic amines) is 1. The first-order chi connectivity index (χ1) is 13.8. The minimum atomic E-state index is -0.338. The second-order valence-electron chi connectivity index (χ2n) is 8.30. The number of fused-ring (bicyclic) bond motifs is 1. The second kappa shape index (κ2) is 5.95. The smallest absolute Gasteiger partial charge is 0.243 e. The van der Waals surface area contributed by atoms with Crippen LogP contribution in [-0.2, 0) is 11.3 Å². The fourth-order valence-corrected chi connectivity index (χ4v) is 5.94. The minimum Gasteiger partial charge on any atom is -0.454 e.